The van der Waals surface area contributed by atoms with Crippen LogP contribution in [0.3, 0.4) is 0 Å². The third kappa shape index (κ3) is 3.44. The summed E-state index contributed by atoms with van der Waals surface area (Å²) in [6.45, 7) is 0. The van der Waals surface area contributed by atoms with Crippen molar-refractivity contribution in [3.8, 4) is 0 Å². The zero-order chi connectivity index (χ0) is 14.0. The number of hydrogen-bond acceptors (Lipinski definition) is 5. The highest BCUT2D eigenvalue weighted by Gasteiger charge is 2.51. The first-order valence-corrected chi connectivity index (χ1v) is 5.34. The van der Waals surface area contributed by atoms with Crippen molar-refractivity contribution in [2.75, 3.05) is 0 Å². The number of ether oxygens (including phenoxy) is 1. The highest BCUT2D eigenvalue weighted by atomic mass is 19.4. The molecule has 0 amide bonds. The van der Waals surface area contributed by atoms with Gasteiger partial charge in [-0.2, -0.15) is 0 Å². The maximum absolute atomic E-state index is 12.1. The van der Waals surface area contributed by atoms with Crippen molar-refractivity contribution in [2.45, 2.75) is 18.8 Å². The van der Waals surface area contributed by atoms with E-state index in [-0.39, 0.29) is 11.4 Å². The summed E-state index contributed by atoms with van der Waals surface area (Å²) < 4.78 is 40.7. The average Bonchev–Trinajstić information content (AvgIpc) is 3.09. The first kappa shape index (κ1) is 13.3. The van der Waals surface area contributed by atoms with Crippen molar-refractivity contribution < 1.29 is 22.7 Å². The molecule has 1 aromatic carbocycles. The second-order valence-electron chi connectivity index (χ2n) is 3.88. The van der Waals surface area contributed by atoms with Crippen LogP contribution in [-0.4, -0.2) is 29.3 Å². The molecule has 0 fully saturated rings. The monoisotopic (exact) mass is 273 g/mol. The minimum absolute atomic E-state index is 0.180. The Labute approximate surface area is 106 Å². The summed E-state index contributed by atoms with van der Waals surface area (Å²) in [5.41, 5.74) is 6.34. The summed E-state index contributed by atoms with van der Waals surface area (Å²) in [5.74, 6) is -0.950. The molecule has 5 nitrogen and oxygen atoms in total. The van der Waals surface area contributed by atoms with Crippen LogP contribution in [0.5, 0.6) is 0 Å². The van der Waals surface area contributed by atoms with Gasteiger partial charge < -0.3 is 10.5 Å². The number of benzene rings is 1. The minimum atomic E-state index is -4.67. The number of amidine groups is 1. The van der Waals surface area contributed by atoms with Crippen molar-refractivity contribution in [1.82, 2.24) is 5.01 Å². The Balaban J connectivity index is 1.83. The lowest BCUT2D eigenvalue weighted by atomic mass is 10.1. The molecule has 2 rings (SSSR count). The molecule has 0 saturated heterocycles. The Kier molecular flexibility index (Phi) is 3.43. The summed E-state index contributed by atoms with van der Waals surface area (Å²) >= 11 is 0. The second-order valence-corrected chi connectivity index (χ2v) is 3.88. The fourth-order valence-corrected chi connectivity index (χ4v) is 1.41. The fourth-order valence-electron chi connectivity index (χ4n) is 1.41. The molecule has 1 aliphatic rings. The number of halogens is 3. The molecule has 1 atom stereocenters. The van der Waals surface area contributed by atoms with E-state index in [1.807, 2.05) is 0 Å². The number of nitrogens with zero attached hydrogens (tertiary/aromatic N) is 2. The van der Waals surface area contributed by atoms with Gasteiger partial charge in [0.25, 0.3) is 0 Å². The Morgan fingerprint density at radius 3 is 2.53 bits per heavy atom. The summed E-state index contributed by atoms with van der Waals surface area (Å²) in [5, 5.41) is 2.55. The van der Waals surface area contributed by atoms with Gasteiger partial charge in [0.2, 0.25) is 0 Å². The summed E-state index contributed by atoms with van der Waals surface area (Å²) in [6.07, 6.45) is -4.49. The number of carbonyl (C=O) groups excluding carboxylic acids is 1. The van der Waals surface area contributed by atoms with E-state index in [2.05, 4.69) is 9.84 Å². The minimum Gasteiger partial charge on any atom is -0.389 e. The standard InChI is InChI=1S/C11H10F3N3O2/c12-11(13,14)17-10(16-17)19-9(18)8(15)6-7-4-2-1-3-5-7/h1-5,8H,6,15H2/t8-,17?/m1/s1. The van der Waals surface area contributed by atoms with E-state index in [9.17, 15) is 18.0 Å². The Morgan fingerprint density at radius 2 is 2.00 bits per heavy atom. The molecule has 19 heavy (non-hydrogen) atoms. The van der Waals surface area contributed by atoms with Crippen LogP contribution < -0.4 is 5.73 Å². The van der Waals surface area contributed by atoms with E-state index in [0.29, 0.717) is 0 Å². The van der Waals surface area contributed by atoms with Crippen molar-refractivity contribution in [2.24, 2.45) is 10.8 Å². The molecule has 1 aromatic rings. The van der Waals surface area contributed by atoms with Gasteiger partial charge >= 0.3 is 18.3 Å². The van der Waals surface area contributed by atoms with Gasteiger partial charge in [0.05, 0.1) is 0 Å². The smallest absolute Gasteiger partial charge is 0.389 e. The fraction of sp³-hybridized carbons (Fsp3) is 0.273. The van der Waals surface area contributed by atoms with Gasteiger partial charge in [0, 0.05) is 0 Å². The molecular weight excluding hydrogens is 263 g/mol. The van der Waals surface area contributed by atoms with E-state index < -0.39 is 24.3 Å². The van der Waals surface area contributed by atoms with E-state index in [1.54, 1.807) is 30.3 Å². The molecule has 0 radical (unpaired) electrons. The Hall–Kier alpha value is -2.09. The second kappa shape index (κ2) is 4.88. The molecule has 102 valence electrons. The third-order valence-corrected chi connectivity index (χ3v) is 2.36. The molecule has 0 unspecified atom stereocenters. The number of hydrogen-bond donors (Lipinski definition) is 1. The van der Waals surface area contributed by atoms with Gasteiger partial charge in [-0.25, -0.2) is 4.79 Å². The molecule has 1 heterocycles. The molecular formula is C11H10F3N3O2. The maximum Gasteiger partial charge on any atom is 0.509 e. The number of nitrogens with two attached hydrogens (primary N) is 1. The van der Waals surface area contributed by atoms with Gasteiger partial charge in [0.1, 0.15) is 6.04 Å². The molecule has 0 bridgehead atoms. The molecule has 0 aromatic heterocycles. The third-order valence-electron chi connectivity index (χ3n) is 2.36. The van der Waals surface area contributed by atoms with Crippen LogP contribution >= 0.6 is 0 Å². The molecule has 8 heteroatoms. The van der Waals surface area contributed by atoms with Crippen LogP contribution in [0.15, 0.2) is 35.4 Å². The van der Waals surface area contributed by atoms with Crippen LogP contribution in [0.2, 0.25) is 0 Å². The van der Waals surface area contributed by atoms with E-state index >= 15 is 0 Å². The van der Waals surface area contributed by atoms with Crippen LogP contribution in [0.25, 0.3) is 0 Å². The van der Waals surface area contributed by atoms with Crippen molar-refractivity contribution in [1.29, 1.82) is 0 Å². The largest absolute Gasteiger partial charge is 0.509 e. The van der Waals surface area contributed by atoms with Crippen LogP contribution in [0.1, 0.15) is 5.56 Å². The van der Waals surface area contributed by atoms with E-state index in [4.69, 9.17) is 5.73 Å². The highest BCUT2D eigenvalue weighted by Crippen LogP contribution is 2.30. The summed E-state index contributed by atoms with van der Waals surface area (Å²) in [4.78, 5) is 11.4. The van der Waals surface area contributed by atoms with Crippen LogP contribution in [0, 0.1) is 0 Å². The lowest BCUT2D eigenvalue weighted by Crippen LogP contribution is -2.36. The lowest BCUT2D eigenvalue weighted by molar-refractivity contribution is -0.204. The number of esters is 1. The highest BCUT2D eigenvalue weighted by molar-refractivity contribution is 5.94. The number of rotatable bonds is 3. The molecule has 1 aliphatic heterocycles. The summed E-state index contributed by atoms with van der Waals surface area (Å²) in [7, 11) is 0. The Morgan fingerprint density at radius 1 is 1.37 bits per heavy atom. The SMILES string of the molecule is N[C@H](Cc1ccccc1)C(=O)OC1=NN1C(F)(F)F. The quantitative estimate of drug-likeness (QED) is 0.664. The van der Waals surface area contributed by atoms with Crippen molar-refractivity contribution >= 4 is 12.0 Å². The average molecular weight is 273 g/mol. The summed E-state index contributed by atoms with van der Waals surface area (Å²) in [6, 6.07) is 7.02. The predicted molar refractivity (Wildman–Crippen MR) is 59.5 cm³/mol. The zero-order valence-electron chi connectivity index (χ0n) is 9.59. The predicted octanol–water partition coefficient (Wildman–Crippen LogP) is 1.21. The van der Waals surface area contributed by atoms with Gasteiger partial charge in [-0.05, 0) is 12.0 Å². The maximum atomic E-state index is 12.1. The molecule has 2 N–H and O–H groups in total. The molecule has 0 aliphatic carbocycles. The van der Waals surface area contributed by atoms with Crippen molar-refractivity contribution in [3.05, 3.63) is 35.9 Å². The first-order chi connectivity index (χ1) is 8.88. The van der Waals surface area contributed by atoms with Gasteiger partial charge in [-0.15, -0.1) is 23.3 Å². The van der Waals surface area contributed by atoms with Crippen LogP contribution in [0.4, 0.5) is 13.2 Å². The number of alkyl halides is 3. The van der Waals surface area contributed by atoms with Gasteiger partial charge in [-0.3, -0.25) is 0 Å². The normalized spacial score (nSPS) is 15.8. The van der Waals surface area contributed by atoms with Gasteiger partial charge in [0.15, 0.2) is 0 Å². The first-order valence-electron chi connectivity index (χ1n) is 5.34. The molecule has 0 spiro atoms. The van der Waals surface area contributed by atoms with Crippen LogP contribution in [-0.2, 0) is 16.0 Å². The van der Waals surface area contributed by atoms with E-state index in [1.165, 1.54) is 0 Å². The topological polar surface area (TPSA) is 67.7 Å². The van der Waals surface area contributed by atoms with E-state index in [0.717, 1.165) is 5.56 Å². The van der Waals surface area contributed by atoms with Crippen molar-refractivity contribution in [3.63, 3.8) is 0 Å². The lowest BCUT2D eigenvalue weighted by Gasteiger charge is -2.10. The Bertz CT molecular complexity index is 502. The van der Waals surface area contributed by atoms with Gasteiger partial charge in [-0.1, -0.05) is 30.3 Å². The molecule has 0 saturated carbocycles. The zero-order valence-corrected chi connectivity index (χ0v) is 9.59. The number of carbonyl (C=O) groups is 1. The number of hydrazone groups is 1.